The van der Waals surface area contributed by atoms with Crippen LogP contribution in [0, 0.1) is 0 Å². The molecule has 0 spiro atoms. The monoisotopic (exact) mass is 582 g/mol. The molecule has 0 atom stereocenters. The van der Waals surface area contributed by atoms with E-state index in [1.807, 2.05) is 0 Å². The molecule has 0 heterocycles. The highest BCUT2D eigenvalue weighted by Gasteiger charge is 2.36. The zero-order valence-corrected chi connectivity index (χ0v) is 27.9. The van der Waals surface area contributed by atoms with Gasteiger partial charge in [-0.15, -0.1) is 0 Å². The molecule has 0 aromatic heterocycles. The fraction of sp³-hybridized carbons (Fsp3) is 0.244. The summed E-state index contributed by atoms with van der Waals surface area (Å²) in [6, 6.07) is 42.1. The van der Waals surface area contributed by atoms with Gasteiger partial charge in [0.25, 0.3) is 0 Å². The topological polar surface area (TPSA) is 0 Å². The van der Waals surface area contributed by atoms with Gasteiger partial charge in [-0.2, -0.15) is 0 Å². The van der Waals surface area contributed by atoms with Crippen molar-refractivity contribution in [3.63, 3.8) is 0 Å². The van der Waals surface area contributed by atoms with E-state index in [4.69, 9.17) is 0 Å². The molecule has 0 nitrogen and oxygen atoms in total. The van der Waals surface area contributed by atoms with Crippen molar-refractivity contribution in [1.82, 2.24) is 0 Å². The molecule has 0 unspecified atom stereocenters. The molecule has 7 aromatic rings. The fourth-order valence-corrected chi connectivity index (χ4v) is 7.75. The maximum atomic E-state index is 2.45. The van der Waals surface area contributed by atoms with Gasteiger partial charge in [-0.05, 0) is 111 Å². The lowest BCUT2D eigenvalue weighted by atomic mass is 9.78. The molecule has 0 radical (unpaired) electrons. The second kappa shape index (κ2) is 9.30. The van der Waals surface area contributed by atoms with Crippen molar-refractivity contribution in [2.45, 2.75) is 71.6 Å². The van der Waals surface area contributed by atoms with E-state index < -0.39 is 0 Å². The van der Waals surface area contributed by atoms with E-state index >= 15 is 0 Å². The summed E-state index contributed by atoms with van der Waals surface area (Å²) in [4.78, 5) is 0. The van der Waals surface area contributed by atoms with E-state index in [9.17, 15) is 0 Å². The van der Waals surface area contributed by atoms with E-state index in [0.29, 0.717) is 0 Å². The van der Waals surface area contributed by atoms with Crippen LogP contribution in [-0.4, -0.2) is 0 Å². The van der Waals surface area contributed by atoms with Gasteiger partial charge in [-0.1, -0.05) is 152 Å². The molecule has 45 heavy (non-hydrogen) atoms. The molecular formula is C45H42. The number of hydrogen-bond acceptors (Lipinski definition) is 0. The van der Waals surface area contributed by atoms with Crippen LogP contribution in [0.3, 0.4) is 0 Å². The molecular weight excluding hydrogens is 540 g/mol. The third kappa shape index (κ3) is 4.26. The van der Waals surface area contributed by atoms with Crippen LogP contribution in [0.25, 0.3) is 65.7 Å². The zero-order chi connectivity index (χ0) is 31.5. The van der Waals surface area contributed by atoms with Crippen molar-refractivity contribution < 1.29 is 0 Å². The fourth-order valence-electron chi connectivity index (χ4n) is 7.75. The van der Waals surface area contributed by atoms with E-state index in [1.54, 1.807) is 0 Å². The van der Waals surface area contributed by atoms with Gasteiger partial charge in [0, 0.05) is 5.41 Å². The maximum Gasteiger partial charge on any atom is 0.0159 e. The molecule has 0 saturated heterocycles. The van der Waals surface area contributed by atoms with Crippen LogP contribution in [0.1, 0.15) is 77.6 Å². The first-order valence-electron chi connectivity index (χ1n) is 16.4. The molecule has 0 amide bonds. The lowest BCUT2D eigenvalue weighted by molar-refractivity contribution is 0.584. The molecule has 1 aliphatic rings. The Morgan fingerprint density at radius 1 is 0.422 bits per heavy atom. The number of hydrogen-bond donors (Lipinski definition) is 0. The lowest BCUT2D eigenvalue weighted by Gasteiger charge is -2.25. The van der Waals surface area contributed by atoms with Crippen LogP contribution >= 0.6 is 0 Å². The SMILES string of the molecule is CC(C)(C)c1ccc2c(c1)C(C)(C)c1cc(-c3cccc(-c4ccc5ccc6cc(C(C)(C)C)cc7ccc4c5c67)c3)ccc1-2. The summed E-state index contributed by atoms with van der Waals surface area (Å²) in [6.45, 7) is 18.6. The summed E-state index contributed by atoms with van der Waals surface area (Å²) in [5.41, 5.74) is 13.7. The largest absolute Gasteiger partial charge is 0.0610 e. The third-order valence-corrected chi connectivity index (χ3v) is 10.5. The molecule has 0 bridgehead atoms. The highest BCUT2D eigenvalue weighted by molar-refractivity contribution is 6.25. The average molecular weight is 583 g/mol. The van der Waals surface area contributed by atoms with E-state index in [0.717, 1.165) is 0 Å². The number of fused-ring (bicyclic) bond motifs is 3. The second-order valence-electron chi connectivity index (χ2n) is 15.9. The van der Waals surface area contributed by atoms with Crippen LogP contribution in [0.4, 0.5) is 0 Å². The molecule has 222 valence electrons. The summed E-state index contributed by atoms with van der Waals surface area (Å²) in [6.07, 6.45) is 0. The Bertz CT molecular complexity index is 2280. The Labute approximate surface area is 268 Å². The normalized spacial score (nSPS) is 14.4. The quantitative estimate of drug-likeness (QED) is 0.178. The summed E-state index contributed by atoms with van der Waals surface area (Å²) in [5, 5.41) is 8.05. The van der Waals surface area contributed by atoms with Gasteiger partial charge in [0.05, 0.1) is 0 Å². The minimum absolute atomic E-state index is 0.0432. The van der Waals surface area contributed by atoms with E-state index in [2.05, 4.69) is 165 Å². The minimum atomic E-state index is -0.0432. The highest BCUT2D eigenvalue weighted by atomic mass is 14.4. The van der Waals surface area contributed by atoms with Gasteiger partial charge < -0.3 is 0 Å². The molecule has 0 aliphatic heterocycles. The van der Waals surface area contributed by atoms with Crippen LogP contribution in [0.15, 0.2) is 109 Å². The number of rotatable bonds is 2. The van der Waals surface area contributed by atoms with Crippen molar-refractivity contribution in [2.75, 3.05) is 0 Å². The molecule has 8 rings (SSSR count). The Hall–Kier alpha value is -4.42. The summed E-state index contributed by atoms with van der Waals surface area (Å²) in [7, 11) is 0. The Balaban J connectivity index is 1.24. The first kappa shape index (κ1) is 28.1. The van der Waals surface area contributed by atoms with Crippen molar-refractivity contribution in [1.29, 1.82) is 0 Å². The van der Waals surface area contributed by atoms with E-state index in [1.165, 1.54) is 88.0 Å². The smallest absolute Gasteiger partial charge is 0.0159 e. The van der Waals surface area contributed by atoms with E-state index in [-0.39, 0.29) is 16.2 Å². The van der Waals surface area contributed by atoms with Crippen molar-refractivity contribution >= 4 is 32.3 Å². The van der Waals surface area contributed by atoms with Crippen molar-refractivity contribution in [3.05, 3.63) is 131 Å². The first-order valence-corrected chi connectivity index (χ1v) is 16.4. The molecule has 7 aromatic carbocycles. The highest BCUT2D eigenvalue weighted by Crippen LogP contribution is 2.51. The Kier molecular flexibility index (Phi) is 5.80. The van der Waals surface area contributed by atoms with Gasteiger partial charge in [0.1, 0.15) is 0 Å². The zero-order valence-electron chi connectivity index (χ0n) is 27.9. The van der Waals surface area contributed by atoms with Crippen LogP contribution in [0.5, 0.6) is 0 Å². The van der Waals surface area contributed by atoms with Gasteiger partial charge in [-0.3, -0.25) is 0 Å². The minimum Gasteiger partial charge on any atom is -0.0610 e. The Morgan fingerprint density at radius 2 is 0.978 bits per heavy atom. The first-order chi connectivity index (χ1) is 21.3. The van der Waals surface area contributed by atoms with Crippen molar-refractivity contribution in [3.8, 4) is 33.4 Å². The molecule has 0 fully saturated rings. The summed E-state index contributed by atoms with van der Waals surface area (Å²) < 4.78 is 0. The van der Waals surface area contributed by atoms with Gasteiger partial charge in [0.2, 0.25) is 0 Å². The summed E-state index contributed by atoms with van der Waals surface area (Å²) in [5.74, 6) is 0. The van der Waals surface area contributed by atoms with Crippen LogP contribution in [-0.2, 0) is 16.2 Å². The van der Waals surface area contributed by atoms with Crippen LogP contribution < -0.4 is 0 Å². The summed E-state index contributed by atoms with van der Waals surface area (Å²) >= 11 is 0. The van der Waals surface area contributed by atoms with Gasteiger partial charge in [0.15, 0.2) is 0 Å². The van der Waals surface area contributed by atoms with Gasteiger partial charge in [-0.25, -0.2) is 0 Å². The molecule has 0 N–H and O–H groups in total. The molecule has 0 saturated carbocycles. The standard InChI is InChI=1S/C45H42/c1-43(2,3)33-17-21-37-36-19-15-29(25-39(36)45(7,8)40(37)26-33)28-10-9-11-30(22-28)35-18-14-27-12-13-31-23-34(44(4,5)6)24-32-16-20-38(35)42(27)41(31)32/h9-26H,1-8H3. The predicted octanol–water partition coefficient (Wildman–Crippen LogP) is 12.8. The molecule has 1 aliphatic carbocycles. The number of benzene rings is 7. The van der Waals surface area contributed by atoms with Crippen LogP contribution in [0.2, 0.25) is 0 Å². The predicted molar refractivity (Wildman–Crippen MR) is 196 cm³/mol. The molecule has 0 heteroatoms. The Morgan fingerprint density at radius 3 is 1.69 bits per heavy atom. The second-order valence-corrected chi connectivity index (χ2v) is 15.9. The van der Waals surface area contributed by atoms with Gasteiger partial charge >= 0.3 is 0 Å². The van der Waals surface area contributed by atoms with Crippen molar-refractivity contribution in [2.24, 2.45) is 0 Å². The third-order valence-electron chi connectivity index (χ3n) is 10.5. The maximum absolute atomic E-state index is 2.45. The average Bonchev–Trinajstić information content (AvgIpc) is 3.24. The lowest BCUT2D eigenvalue weighted by Crippen LogP contribution is -2.17.